The molecule has 1 N–H and O–H groups in total. The summed E-state index contributed by atoms with van der Waals surface area (Å²) in [6, 6.07) is 5.11. The largest absolute Gasteiger partial charge is 0.271 e. The Bertz CT molecular complexity index is 705. The minimum Gasteiger partial charge on any atom is -0.271 e. The minimum absolute atomic E-state index is 0.0483. The summed E-state index contributed by atoms with van der Waals surface area (Å²) in [7, 11) is 0. The smallest absolute Gasteiger partial charge is 0.263 e. The van der Waals surface area contributed by atoms with Gasteiger partial charge in [0.15, 0.2) is 5.82 Å². The van der Waals surface area contributed by atoms with Crippen LogP contribution in [0.1, 0.15) is 30.1 Å². The monoisotopic (exact) mass is 338 g/mol. The van der Waals surface area contributed by atoms with Crippen molar-refractivity contribution in [3.05, 3.63) is 39.6 Å². The van der Waals surface area contributed by atoms with E-state index in [9.17, 15) is 4.79 Å². The Kier molecular flexibility index (Phi) is 4.35. The highest BCUT2D eigenvalue weighted by atomic mass is 35.5. The lowest BCUT2D eigenvalue weighted by atomic mass is 10.2. The van der Waals surface area contributed by atoms with Gasteiger partial charge >= 0.3 is 0 Å². The number of amides is 1. The summed E-state index contributed by atoms with van der Waals surface area (Å²) in [5.74, 6) is 0.732. The highest BCUT2D eigenvalue weighted by Gasteiger charge is 2.28. The zero-order valence-electron chi connectivity index (χ0n) is 11.4. The van der Waals surface area contributed by atoms with E-state index in [0.29, 0.717) is 27.4 Å². The van der Waals surface area contributed by atoms with Crippen LogP contribution in [0.5, 0.6) is 0 Å². The van der Waals surface area contributed by atoms with Gasteiger partial charge in [-0.05, 0) is 30.2 Å². The first-order valence-corrected chi connectivity index (χ1v) is 7.42. The van der Waals surface area contributed by atoms with E-state index in [4.69, 9.17) is 23.2 Å². The van der Waals surface area contributed by atoms with Crippen molar-refractivity contribution in [2.75, 3.05) is 0 Å². The van der Waals surface area contributed by atoms with Crippen LogP contribution in [0.4, 0.5) is 0 Å². The van der Waals surface area contributed by atoms with Crippen LogP contribution in [0, 0.1) is 0 Å². The number of carbonyl (C=O) groups excluding carboxylic acids is 1. The molecular formula is C13H12Cl2N6O. The molecule has 1 aromatic carbocycles. The molecule has 0 radical (unpaired) electrons. The number of halogens is 2. The highest BCUT2D eigenvalue weighted by molar-refractivity contribution is 6.38. The molecule has 1 aliphatic carbocycles. The lowest BCUT2D eigenvalue weighted by molar-refractivity contribution is -0.122. The molecule has 114 valence electrons. The van der Waals surface area contributed by atoms with Gasteiger partial charge in [-0.15, -0.1) is 10.2 Å². The molecule has 0 bridgehead atoms. The Morgan fingerprint density at radius 3 is 2.82 bits per heavy atom. The second kappa shape index (κ2) is 6.41. The Morgan fingerprint density at radius 1 is 1.41 bits per heavy atom. The molecule has 1 amide bonds. The quantitative estimate of drug-likeness (QED) is 0.667. The molecule has 2 aromatic rings. The summed E-state index contributed by atoms with van der Waals surface area (Å²) in [6.07, 6.45) is 3.56. The van der Waals surface area contributed by atoms with Crippen LogP contribution >= 0.6 is 23.2 Å². The normalized spacial score (nSPS) is 14.5. The summed E-state index contributed by atoms with van der Waals surface area (Å²) in [6.45, 7) is -0.0483. The van der Waals surface area contributed by atoms with E-state index in [2.05, 4.69) is 25.9 Å². The maximum atomic E-state index is 11.7. The van der Waals surface area contributed by atoms with Gasteiger partial charge in [0.05, 0.1) is 16.3 Å². The van der Waals surface area contributed by atoms with E-state index < -0.39 is 0 Å². The van der Waals surface area contributed by atoms with E-state index >= 15 is 0 Å². The molecule has 1 saturated carbocycles. The van der Waals surface area contributed by atoms with Crippen molar-refractivity contribution >= 4 is 35.3 Å². The number of hydrazone groups is 1. The molecule has 9 heteroatoms. The second-order valence-electron chi connectivity index (χ2n) is 4.88. The SMILES string of the molecule is O=C(Cn1nnc(C2CC2)n1)NN=Cc1c(Cl)cccc1Cl. The number of hydrogen-bond donors (Lipinski definition) is 1. The number of nitrogens with one attached hydrogen (secondary N) is 1. The van der Waals surface area contributed by atoms with Gasteiger partial charge in [0.25, 0.3) is 5.91 Å². The summed E-state index contributed by atoms with van der Waals surface area (Å²) >= 11 is 12.0. The van der Waals surface area contributed by atoms with Crippen LogP contribution in [-0.2, 0) is 11.3 Å². The lowest BCUT2D eigenvalue weighted by Crippen LogP contribution is -2.24. The van der Waals surface area contributed by atoms with Gasteiger partial charge in [0.2, 0.25) is 0 Å². The zero-order chi connectivity index (χ0) is 15.5. The molecule has 3 rings (SSSR count). The average Bonchev–Trinajstić information content (AvgIpc) is 3.23. The Morgan fingerprint density at radius 2 is 2.14 bits per heavy atom. The average molecular weight is 339 g/mol. The third-order valence-corrected chi connectivity index (χ3v) is 3.74. The Labute approximate surface area is 136 Å². The number of benzene rings is 1. The number of carbonyl (C=O) groups is 1. The van der Waals surface area contributed by atoms with Crippen molar-refractivity contribution in [3.63, 3.8) is 0 Å². The van der Waals surface area contributed by atoms with Gasteiger partial charge in [-0.1, -0.05) is 29.3 Å². The molecular weight excluding hydrogens is 327 g/mol. The van der Waals surface area contributed by atoms with Crippen LogP contribution in [0.2, 0.25) is 10.0 Å². The summed E-state index contributed by atoms with van der Waals surface area (Å²) in [5, 5.41) is 16.6. The van der Waals surface area contributed by atoms with Gasteiger partial charge in [-0.2, -0.15) is 9.90 Å². The molecule has 1 fully saturated rings. The van der Waals surface area contributed by atoms with E-state index in [-0.39, 0.29) is 12.5 Å². The first-order chi connectivity index (χ1) is 10.6. The lowest BCUT2D eigenvalue weighted by Gasteiger charge is -2.01. The summed E-state index contributed by atoms with van der Waals surface area (Å²) < 4.78 is 0. The molecule has 1 aliphatic rings. The van der Waals surface area contributed by atoms with Gasteiger partial charge in [0.1, 0.15) is 6.54 Å². The molecule has 0 saturated heterocycles. The molecule has 7 nitrogen and oxygen atoms in total. The van der Waals surface area contributed by atoms with Crippen LogP contribution in [-0.4, -0.2) is 32.3 Å². The van der Waals surface area contributed by atoms with Crippen LogP contribution in [0.25, 0.3) is 0 Å². The number of rotatable bonds is 5. The zero-order valence-corrected chi connectivity index (χ0v) is 12.9. The summed E-state index contributed by atoms with van der Waals surface area (Å²) in [5.41, 5.74) is 2.92. The van der Waals surface area contributed by atoms with Crippen molar-refractivity contribution in [2.45, 2.75) is 25.3 Å². The van der Waals surface area contributed by atoms with E-state index in [1.54, 1.807) is 18.2 Å². The van der Waals surface area contributed by atoms with Crippen molar-refractivity contribution in [1.29, 1.82) is 0 Å². The Hall–Kier alpha value is -1.99. The van der Waals surface area contributed by atoms with Crippen molar-refractivity contribution < 1.29 is 4.79 Å². The minimum atomic E-state index is -0.362. The molecule has 1 heterocycles. The van der Waals surface area contributed by atoms with Gasteiger partial charge < -0.3 is 0 Å². The van der Waals surface area contributed by atoms with E-state index in [1.165, 1.54) is 11.0 Å². The van der Waals surface area contributed by atoms with Crippen LogP contribution in [0.3, 0.4) is 0 Å². The van der Waals surface area contributed by atoms with Crippen molar-refractivity contribution in [2.24, 2.45) is 5.10 Å². The molecule has 22 heavy (non-hydrogen) atoms. The molecule has 0 atom stereocenters. The number of nitrogens with zero attached hydrogens (tertiary/aromatic N) is 5. The highest BCUT2D eigenvalue weighted by Crippen LogP contribution is 2.37. The third-order valence-electron chi connectivity index (χ3n) is 3.08. The van der Waals surface area contributed by atoms with Gasteiger partial charge in [-0.25, -0.2) is 5.43 Å². The molecule has 0 spiro atoms. The van der Waals surface area contributed by atoms with Crippen LogP contribution in [0.15, 0.2) is 23.3 Å². The topological polar surface area (TPSA) is 85.1 Å². The molecule has 1 aromatic heterocycles. The van der Waals surface area contributed by atoms with Crippen molar-refractivity contribution in [3.8, 4) is 0 Å². The van der Waals surface area contributed by atoms with E-state index in [1.807, 2.05) is 0 Å². The first-order valence-electron chi connectivity index (χ1n) is 6.67. The fraction of sp³-hybridized carbons (Fsp3) is 0.308. The summed E-state index contributed by atoms with van der Waals surface area (Å²) in [4.78, 5) is 13.0. The first kappa shape index (κ1) is 14.9. The molecule has 0 unspecified atom stereocenters. The third kappa shape index (κ3) is 3.61. The number of aromatic nitrogens is 4. The predicted molar refractivity (Wildman–Crippen MR) is 82.0 cm³/mol. The second-order valence-corrected chi connectivity index (χ2v) is 5.70. The maximum absolute atomic E-state index is 11.7. The van der Waals surface area contributed by atoms with Gasteiger partial charge in [0, 0.05) is 11.5 Å². The standard InChI is InChI=1S/C13H12Cl2N6O/c14-10-2-1-3-11(15)9(10)6-16-17-12(22)7-21-19-13(18-20-21)8-4-5-8/h1-3,6,8H,4-5,7H2,(H,17,22). The molecule has 0 aliphatic heterocycles. The predicted octanol–water partition coefficient (Wildman–Crippen LogP) is 2.01. The van der Waals surface area contributed by atoms with Crippen molar-refractivity contribution in [1.82, 2.24) is 25.6 Å². The van der Waals surface area contributed by atoms with E-state index in [0.717, 1.165) is 12.8 Å². The number of tetrazole rings is 1. The fourth-order valence-electron chi connectivity index (χ4n) is 1.79. The van der Waals surface area contributed by atoms with Gasteiger partial charge in [-0.3, -0.25) is 4.79 Å². The fourth-order valence-corrected chi connectivity index (χ4v) is 2.29. The van der Waals surface area contributed by atoms with Crippen LogP contribution < -0.4 is 5.43 Å². The Balaban J connectivity index is 1.56. The number of hydrogen-bond acceptors (Lipinski definition) is 5. The maximum Gasteiger partial charge on any atom is 0.263 e.